The molecule has 0 radical (unpaired) electrons. The third-order valence-corrected chi connectivity index (χ3v) is 3.90. The fourth-order valence-corrected chi connectivity index (χ4v) is 2.54. The average molecular weight is 361 g/mol. The second-order valence-electron chi connectivity index (χ2n) is 6.05. The maximum Gasteiger partial charge on any atom is 0.306 e. The highest BCUT2D eigenvalue weighted by Crippen LogP contribution is 2.11. The van der Waals surface area contributed by atoms with Gasteiger partial charge in [-0.05, 0) is 42.7 Å². The summed E-state index contributed by atoms with van der Waals surface area (Å²) in [6, 6.07) is 12.1. The highest BCUT2D eigenvalue weighted by atomic mass is 19.1. The zero-order chi connectivity index (χ0) is 19.1. The molecule has 0 aliphatic rings. The van der Waals surface area contributed by atoms with Crippen LogP contribution in [-0.2, 0) is 27.3 Å². The molecular formula is C20H21F2NO3. The Morgan fingerprint density at radius 2 is 1.85 bits per heavy atom. The third kappa shape index (κ3) is 5.65. The lowest BCUT2D eigenvalue weighted by atomic mass is 10.1. The second kappa shape index (κ2) is 9.08. The van der Waals surface area contributed by atoms with Crippen molar-refractivity contribution in [2.75, 3.05) is 7.05 Å². The maximum atomic E-state index is 13.5. The van der Waals surface area contributed by atoms with Crippen molar-refractivity contribution in [3.05, 3.63) is 71.3 Å². The van der Waals surface area contributed by atoms with Crippen LogP contribution >= 0.6 is 0 Å². The Labute approximate surface area is 151 Å². The van der Waals surface area contributed by atoms with E-state index in [1.807, 2.05) is 0 Å². The minimum Gasteiger partial charge on any atom is -0.453 e. The van der Waals surface area contributed by atoms with Crippen molar-refractivity contribution in [2.24, 2.45) is 0 Å². The molecule has 0 aliphatic heterocycles. The predicted molar refractivity (Wildman–Crippen MR) is 93.1 cm³/mol. The van der Waals surface area contributed by atoms with Gasteiger partial charge < -0.3 is 9.64 Å². The summed E-state index contributed by atoms with van der Waals surface area (Å²) in [5.74, 6) is -1.73. The molecule has 2 aromatic carbocycles. The Morgan fingerprint density at radius 3 is 2.54 bits per heavy atom. The minimum atomic E-state index is -0.971. The average Bonchev–Trinajstić information content (AvgIpc) is 2.60. The molecule has 0 heterocycles. The molecule has 0 aliphatic carbocycles. The van der Waals surface area contributed by atoms with E-state index in [9.17, 15) is 18.4 Å². The van der Waals surface area contributed by atoms with E-state index in [1.54, 1.807) is 37.4 Å². The SMILES string of the molecule is CC(OC(=O)CCc1ccccc1F)C(=O)N(C)Cc1cccc(F)c1. The van der Waals surface area contributed by atoms with Crippen molar-refractivity contribution in [3.8, 4) is 0 Å². The molecule has 0 saturated heterocycles. The van der Waals surface area contributed by atoms with Crippen LogP contribution in [0, 0.1) is 11.6 Å². The van der Waals surface area contributed by atoms with E-state index in [0.717, 1.165) is 0 Å². The Bertz CT molecular complexity index is 779. The van der Waals surface area contributed by atoms with Crippen LogP contribution in [0.5, 0.6) is 0 Å². The number of ether oxygens (including phenoxy) is 1. The monoisotopic (exact) mass is 361 g/mol. The number of rotatable bonds is 7. The maximum absolute atomic E-state index is 13.5. The molecule has 0 spiro atoms. The fraction of sp³-hybridized carbons (Fsp3) is 0.300. The quantitative estimate of drug-likeness (QED) is 0.710. The summed E-state index contributed by atoms with van der Waals surface area (Å²) in [6.45, 7) is 1.68. The van der Waals surface area contributed by atoms with Crippen LogP contribution in [0.25, 0.3) is 0 Å². The third-order valence-electron chi connectivity index (χ3n) is 3.90. The molecule has 0 aromatic heterocycles. The Balaban J connectivity index is 1.83. The molecular weight excluding hydrogens is 340 g/mol. The lowest BCUT2D eigenvalue weighted by molar-refractivity contribution is -0.158. The molecule has 0 N–H and O–H groups in total. The van der Waals surface area contributed by atoms with E-state index in [4.69, 9.17) is 4.74 Å². The number of likely N-dealkylation sites (N-methyl/N-ethyl adjacent to an activating group) is 1. The predicted octanol–water partition coefficient (Wildman–Crippen LogP) is 3.49. The second-order valence-corrected chi connectivity index (χ2v) is 6.05. The number of carbonyl (C=O) groups is 2. The Kier molecular flexibility index (Phi) is 6.83. The van der Waals surface area contributed by atoms with E-state index in [2.05, 4.69) is 0 Å². The topological polar surface area (TPSA) is 46.6 Å². The number of esters is 1. The number of halogens is 2. The number of carbonyl (C=O) groups excluding carboxylic acids is 2. The van der Waals surface area contributed by atoms with Gasteiger partial charge in [-0.2, -0.15) is 0 Å². The van der Waals surface area contributed by atoms with Gasteiger partial charge in [0.05, 0.1) is 0 Å². The van der Waals surface area contributed by atoms with Gasteiger partial charge in [0.25, 0.3) is 5.91 Å². The van der Waals surface area contributed by atoms with Crippen LogP contribution < -0.4 is 0 Å². The number of aryl methyl sites for hydroxylation is 1. The van der Waals surface area contributed by atoms with Crippen LogP contribution in [-0.4, -0.2) is 29.9 Å². The van der Waals surface area contributed by atoms with E-state index in [0.29, 0.717) is 11.1 Å². The number of hydrogen-bond acceptors (Lipinski definition) is 3. The van der Waals surface area contributed by atoms with Gasteiger partial charge in [-0.1, -0.05) is 30.3 Å². The first-order valence-electron chi connectivity index (χ1n) is 8.29. The van der Waals surface area contributed by atoms with Crippen LogP contribution in [0.4, 0.5) is 8.78 Å². The van der Waals surface area contributed by atoms with Gasteiger partial charge in [-0.15, -0.1) is 0 Å². The van der Waals surface area contributed by atoms with E-state index in [-0.39, 0.29) is 31.0 Å². The summed E-state index contributed by atoms with van der Waals surface area (Å²) in [7, 11) is 1.55. The first-order chi connectivity index (χ1) is 12.4. The van der Waals surface area contributed by atoms with Gasteiger partial charge in [0.15, 0.2) is 6.10 Å². The molecule has 2 aromatic rings. The van der Waals surface area contributed by atoms with Gasteiger partial charge in [0.1, 0.15) is 11.6 Å². The number of nitrogens with zero attached hydrogens (tertiary/aromatic N) is 1. The largest absolute Gasteiger partial charge is 0.453 e. The van der Waals surface area contributed by atoms with Crippen molar-refractivity contribution < 1.29 is 23.1 Å². The molecule has 1 unspecified atom stereocenters. The molecule has 26 heavy (non-hydrogen) atoms. The number of amides is 1. The lowest BCUT2D eigenvalue weighted by Crippen LogP contribution is -2.37. The summed E-state index contributed by atoms with van der Waals surface area (Å²) in [6.07, 6.45) is -0.792. The van der Waals surface area contributed by atoms with Crippen LogP contribution in [0.3, 0.4) is 0 Å². The standard InChI is InChI=1S/C20H21F2NO3/c1-14(20(25)23(2)13-15-6-5-8-17(21)12-15)26-19(24)11-10-16-7-3-4-9-18(16)22/h3-9,12,14H,10-11,13H2,1-2H3. The normalized spacial score (nSPS) is 11.7. The first kappa shape index (κ1) is 19.6. The van der Waals surface area contributed by atoms with E-state index >= 15 is 0 Å². The summed E-state index contributed by atoms with van der Waals surface area (Å²) in [5.41, 5.74) is 1.06. The van der Waals surface area contributed by atoms with Crippen LogP contribution in [0.15, 0.2) is 48.5 Å². The zero-order valence-corrected chi connectivity index (χ0v) is 14.7. The molecule has 0 bridgehead atoms. The summed E-state index contributed by atoms with van der Waals surface area (Å²) in [5, 5.41) is 0. The molecule has 1 atom stereocenters. The smallest absolute Gasteiger partial charge is 0.306 e. The summed E-state index contributed by atoms with van der Waals surface area (Å²) >= 11 is 0. The molecule has 0 fully saturated rings. The molecule has 4 nitrogen and oxygen atoms in total. The van der Waals surface area contributed by atoms with Crippen LogP contribution in [0.1, 0.15) is 24.5 Å². The summed E-state index contributed by atoms with van der Waals surface area (Å²) < 4.78 is 31.9. The highest BCUT2D eigenvalue weighted by molar-refractivity contribution is 5.83. The Hall–Kier alpha value is -2.76. The number of hydrogen-bond donors (Lipinski definition) is 0. The van der Waals surface area contributed by atoms with Crippen molar-refractivity contribution >= 4 is 11.9 Å². The van der Waals surface area contributed by atoms with Gasteiger partial charge >= 0.3 is 5.97 Å². The Morgan fingerprint density at radius 1 is 1.12 bits per heavy atom. The van der Waals surface area contributed by atoms with Crippen molar-refractivity contribution in [2.45, 2.75) is 32.4 Å². The fourth-order valence-electron chi connectivity index (χ4n) is 2.54. The van der Waals surface area contributed by atoms with Crippen molar-refractivity contribution in [1.29, 1.82) is 0 Å². The zero-order valence-electron chi connectivity index (χ0n) is 14.7. The highest BCUT2D eigenvalue weighted by Gasteiger charge is 2.21. The molecule has 1 amide bonds. The van der Waals surface area contributed by atoms with E-state index < -0.39 is 18.0 Å². The van der Waals surface area contributed by atoms with Gasteiger partial charge in [-0.3, -0.25) is 9.59 Å². The summed E-state index contributed by atoms with van der Waals surface area (Å²) in [4.78, 5) is 25.6. The van der Waals surface area contributed by atoms with Crippen LogP contribution in [0.2, 0.25) is 0 Å². The van der Waals surface area contributed by atoms with Gasteiger partial charge in [-0.25, -0.2) is 8.78 Å². The lowest BCUT2D eigenvalue weighted by Gasteiger charge is -2.21. The number of benzene rings is 2. The minimum absolute atomic E-state index is 0.0217. The van der Waals surface area contributed by atoms with Crippen molar-refractivity contribution in [3.63, 3.8) is 0 Å². The van der Waals surface area contributed by atoms with E-state index in [1.165, 1.54) is 30.0 Å². The van der Waals surface area contributed by atoms with Crippen molar-refractivity contribution in [1.82, 2.24) is 4.90 Å². The first-order valence-corrected chi connectivity index (χ1v) is 8.29. The molecule has 138 valence electrons. The van der Waals surface area contributed by atoms with Gasteiger partial charge in [0.2, 0.25) is 0 Å². The molecule has 2 rings (SSSR count). The molecule has 6 heteroatoms. The van der Waals surface area contributed by atoms with Gasteiger partial charge in [0, 0.05) is 20.0 Å². The molecule has 0 saturated carbocycles.